The topological polar surface area (TPSA) is 55.3 Å². The highest BCUT2D eigenvalue weighted by Gasteiger charge is 2.06. The van der Waals surface area contributed by atoms with Crippen LogP contribution in [0.3, 0.4) is 0 Å². The van der Waals surface area contributed by atoms with Crippen LogP contribution in [0.4, 0.5) is 5.69 Å². The van der Waals surface area contributed by atoms with E-state index in [1.54, 1.807) is 0 Å². The Hall–Kier alpha value is -1.06. The lowest BCUT2D eigenvalue weighted by atomic mass is 10.0. The standard InChI is InChI=1S/C13H23N3/c1-3-16(4-2)9-8-12-11(10-14)6-5-7-13(12)15/h5-7H,3-4,8-10,14-15H2,1-2H3. The zero-order valence-electron chi connectivity index (χ0n) is 10.4. The van der Waals surface area contributed by atoms with Crippen molar-refractivity contribution in [3.63, 3.8) is 0 Å². The van der Waals surface area contributed by atoms with E-state index >= 15 is 0 Å². The van der Waals surface area contributed by atoms with Crippen LogP contribution in [0.5, 0.6) is 0 Å². The van der Waals surface area contributed by atoms with Gasteiger partial charge in [0.1, 0.15) is 0 Å². The first-order valence-electron chi connectivity index (χ1n) is 6.01. The third-order valence-corrected chi connectivity index (χ3v) is 3.10. The van der Waals surface area contributed by atoms with Crippen molar-refractivity contribution in [2.75, 3.05) is 25.4 Å². The summed E-state index contributed by atoms with van der Waals surface area (Å²) in [4.78, 5) is 2.40. The van der Waals surface area contributed by atoms with Crippen LogP contribution < -0.4 is 11.5 Å². The molecule has 0 unspecified atom stereocenters. The van der Waals surface area contributed by atoms with Crippen LogP contribution in [-0.4, -0.2) is 24.5 Å². The maximum absolute atomic E-state index is 5.99. The number of nitrogens with zero attached hydrogens (tertiary/aromatic N) is 1. The summed E-state index contributed by atoms with van der Waals surface area (Å²) in [5, 5.41) is 0. The van der Waals surface area contributed by atoms with Crippen molar-refractivity contribution in [1.29, 1.82) is 0 Å². The van der Waals surface area contributed by atoms with Gasteiger partial charge in [-0.15, -0.1) is 0 Å². The highest BCUT2D eigenvalue weighted by atomic mass is 15.1. The van der Waals surface area contributed by atoms with Gasteiger partial charge in [-0.1, -0.05) is 26.0 Å². The second kappa shape index (κ2) is 6.51. The van der Waals surface area contributed by atoms with E-state index in [4.69, 9.17) is 11.5 Å². The third kappa shape index (κ3) is 3.22. The van der Waals surface area contributed by atoms with Crippen molar-refractivity contribution in [2.45, 2.75) is 26.8 Å². The molecular formula is C13H23N3. The molecule has 0 aliphatic rings. The molecule has 3 nitrogen and oxygen atoms in total. The maximum Gasteiger partial charge on any atom is 0.0350 e. The molecule has 0 fully saturated rings. The van der Waals surface area contributed by atoms with E-state index in [1.807, 2.05) is 12.1 Å². The zero-order chi connectivity index (χ0) is 12.0. The van der Waals surface area contributed by atoms with Crippen molar-refractivity contribution in [3.8, 4) is 0 Å². The molecule has 1 aromatic rings. The molecule has 1 aromatic carbocycles. The Morgan fingerprint density at radius 3 is 2.44 bits per heavy atom. The number of rotatable bonds is 6. The molecule has 0 spiro atoms. The molecule has 0 bridgehead atoms. The lowest BCUT2D eigenvalue weighted by Gasteiger charge is -2.19. The highest BCUT2D eigenvalue weighted by molar-refractivity contribution is 5.51. The summed E-state index contributed by atoms with van der Waals surface area (Å²) < 4.78 is 0. The molecule has 16 heavy (non-hydrogen) atoms. The average molecular weight is 221 g/mol. The van der Waals surface area contributed by atoms with Crippen molar-refractivity contribution in [1.82, 2.24) is 4.90 Å². The average Bonchev–Trinajstić information content (AvgIpc) is 2.31. The fourth-order valence-electron chi connectivity index (χ4n) is 1.96. The first-order chi connectivity index (χ1) is 7.72. The van der Waals surface area contributed by atoms with Gasteiger partial charge < -0.3 is 16.4 Å². The molecule has 0 radical (unpaired) electrons. The van der Waals surface area contributed by atoms with Gasteiger partial charge >= 0.3 is 0 Å². The highest BCUT2D eigenvalue weighted by Crippen LogP contribution is 2.17. The number of benzene rings is 1. The molecule has 3 heteroatoms. The van der Waals surface area contributed by atoms with Crippen LogP contribution in [0.25, 0.3) is 0 Å². The van der Waals surface area contributed by atoms with Gasteiger partial charge in [0.2, 0.25) is 0 Å². The Bertz CT molecular complexity index is 319. The Kier molecular flexibility index (Phi) is 5.29. The van der Waals surface area contributed by atoms with Gasteiger partial charge in [-0.3, -0.25) is 0 Å². The minimum Gasteiger partial charge on any atom is -0.398 e. The third-order valence-electron chi connectivity index (χ3n) is 3.10. The van der Waals surface area contributed by atoms with Gasteiger partial charge in [0, 0.05) is 18.8 Å². The Labute approximate surface area is 98.4 Å². The van der Waals surface area contributed by atoms with Crippen LogP contribution in [0.2, 0.25) is 0 Å². The summed E-state index contributed by atoms with van der Waals surface area (Å²) >= 11 is 0. The van der Waals surface area contributed by atoms with Gasteiger partial charge in [-0.2, -0.15) is 0 Å². The van der Waals surface area contributed by atoms with Gasteiger partial charge in [0.25, 0.3) is 0 Å². The summed E-state index contributed by atoms with van der Waals surface area (Å²) in [6.45, 7) is 8.15. The summed E-state index contributed by atoms with van der Waals surface area (Å²) in [5.74, 6) is 0. The predicted octanol–water partition coefficient (Wildman–Crippen LogP) is 1.61. The first kappa shape index (κ1) is 13.0. The van der Waals surface area contributed by atoms with Crippen molar-refractivity contribution < 1.29 is 0 Å². The molecular weight excluding hydrogens is 198 g/mol. The largest absolute Gasteiger partial charge is 0.398 e. The van der Waals surface area contributed by atoms with E-state index in [9.17, 15) is 0 Å². The number of nitrogen functional groups attached to an aromatic ring is 1. The second-order valence-electron chi connectivity index (χ2n) is 3.97. The monoisotopic (exact) mass is 221 g/mol. The zero-order valence-corrected chi connectivity index (χ0v) is 10.4. The quantitative estimate of drug-likeness (QED) is 0.718. The van der Waals surface area contributed by atoms with Crippen molar-refractivity contribution in [2.24, 2.45) is 5.73 Å². The van der Waals surface area contributed by atoms with E-state index in [2.05, 4.69) is 24.8 Å². The van der Waals surface area contributed by atoms with E-state index in [-0.39, 0.29) is 0 Å². The van der Waals surface area contributed by atoms with Gasteiger partial charge in [-0.25, -0.2) is 0 Å². The summed E-state index contributed by atoms with van der Waals surface area (Å²) in [6.07, 6.45) is 0.987. The minimum absolute atomic E-state index is 0.568. The minimum atomic E-state index is 0.568. The van der Waals surface area contributed by atoms with Gasteiger partial charge in [0.15, 0.2) is 0 Å². The van der Waals surface area contributed by atoms with E-state index in [0.717, 1.165) is 31.7 Å². The van der Waals surface area contributed by atoms with Gasteiger partial charge in [0.05, 0.1) is 0 Å². The Morgan fingerprint density at radius 2 is 1.88 bits per heavy atom. The van der Waals surface area contributed by atoms with Crippen molar-refractivity contribution in [3.05, 3.63) is 29.3 Å². The SMILES string of the molecule is CCN(CC)CCc1c(N)cccc1CN. The number of likely N-dealkylation sites (N-methyl/N-ethyl adjacent to an activating group) is 1. The Balaban J connectivity index is 2.72. The van der Waals surface area contributed by atoms with Crippen LogP contribution in [0.15, 0.2) is 18.2 Å². The van der Waals surface area contributed by atoms with E-state index in [1.165, 1.54) is 11.1 Å². The lowest BCUT2D eigenvalue weighted by Crippen LogP contribution is -2.26. The first-order valence-corrected chi connectivity index (χ1v) is 6.01. The van der Waals surface area contributed by atoms with Crippen molar-refractivity contribution >= 4 is 5.69 Å². The van der Waals surface area contributed by atoms with Gasteiger partial charge in [-0.05, 0) is 36.7 Å². The van der Waals surface area contributed by atoms with Crippen LogP contribution in [0, 0.1) is 0 Å². The molecule has 0 aliphatic heterocycles. The maximum atomic E-state index is 5.99. The molecule has 4 N–H and O–H groups in total. The number of anilines is 1. The molecule has 1 rings (SSSR count). The molecule has 90 valence electrons. The van der Waals surface area contributed by atoms with Crippen LogP contribution in [0.1, 0.15) is 25.0 Å². The second-order valence-corrected chi connectivity index (χ2v) is 3.97. The fourth-order valence-corrected chi connectivity index (χ4v) is 1.96. The number of nitrogens with two attached hydrogens (primary N) is 2. The summed E-state index contributed by atoms with van der Waals surface area (Å²) in [7, 11) is 0. The number of hydrogen-bond acceptors (Lipinski definition) is 3. The molecule has 0 atom stereocenters. The smallest absolute Gasteiger partial charge is 0.0350 e. The van der Waals surface area contributed by atoms with E-state index in [0.29, 0.717) is 6.54 Å². The van der Waals surface area contributed by atoms with Crippen LogP contribution >= 0.6 is 0 Å². The number of hydrogen-bond donors (Lipinski definition) is 2. The lowest BCUT2D eigenvalue weighted by molar-refractivity contribution is 0.308. The predicted molar refractivity (Wildman–Crippen MR) is 70.2 cm³/mol. The summed E-state index contributed by atoms with van der Waals surface area (Å²) in [6, 6.07) is 5.99. The molecule has 0 amide bonds. The molecule has 0 saturated carbocycles. The molecule has 0 aliphatic carbocycles. The Morgan fingerprint density at radius 1 is 1.19 bits per heavy atom. The van der Waals surface area contributed by atoms with E-state index < -0.39 is 0 Å². The molecule has 0 saturated heterocycles. The molecule has 0 heterocycles. The normalized spacial score (nSPS) is 11.0. The van der Waals surface area contributed by atoms with Crippen LogP contribution in [-0.2, 0) is 13.0 Å². The summed E-state index contributed by atoms with van der Waals surface area (Å²) in [5.41, 5.74) is 15.0. The fraction of sp³-hybridized carbons (Fsp3) is 0.538. The molecule has 0 aromatic heterocycles.